The Balaban J connectivity index is 1.66. The number of furan rings is 1. The number of hydrogen-bond donors (Lipinski definition) is 0. The summed E-state index contributed by atoms with van der Waals surface area (Å²) in [5.41, 5.74) is 4.74. The molecule has 0 bridgehead atoms. The van der Waals surface area contributed by atoms with Gasteiger partial charge in [-0.15, -0.1) is 11.3 Å². The predicted molar refractivity (Wildman–Crippen MR) is 100 cm³/mol. The first-order valence-corrected chi connectivity index (χ1v) is 8.93. The van der Waals surface area contributed by atoms with Crippen molar-refractivity contribution in [2.75, 3.05) is 7.11 Å². The van der Waals surface area contributed by atoms with Gasteiger partial charge in [0.1, 0.15) is 16.2 Å². The second-order valence-corrected chi connectivity index (χ2v) is 7.18. The van der Waals surface area contributed by atoms with E-state index in [0.29, 0.717) is 17.5 Å². The number of carbonyl (C=O) groups is 1. The minimum absolute atomic E-state index is 0.284. The van der Waals surface area contributed by atoms with Crippen LogP contribution in [0.5, 0.6) is 0 Å². The molecule has 0 saturated carbocycles. The molecule has 0 spiro atoms. The zero-order valence-electron chi connectivity index (χ0n) is 14.4. The van der Waals surface area contributed by atoms with Crippen LogP contribution >= 0.6 is 11.3 Å². The molecule has 130 valence electrons. The topological polar surface area (TPSA) is 65.2 Å². The van der Waals surface area contributed by atoms with Crippen LogP contribution in [0.15, 0.2) is 53.3 Å². The maximum atomic E-state index is 11.9. The summed E-state index contributed by atoms with van der Waals surface area (Å²) in [6.45, 7) is 2.05. The molecule has 3 heterocycles. The highest BCUT2D eigenvalue weighted by molar-refractivity contribution is 7.14. The predicted octanol–water partition coefficient (Wildman–Crippen LogP) is 4.64. The summed E-state index contributed by atoms with van der Waals surface area (Å²) in [7, 11) is 1.35. The second-order valence-electron chi connectivity index (χ2n) is 5.94. The van der Waals surface area contributed by atoms with Gasteiger partial charge < -0.3 is 9.15 Å². The average Bonchev–Trinajstić information content (AvgIpc) is 3.30. The molecule has 0 saturated heterocycles. The van der Waals surface area contributed by atoms with Crippen molar-refractivity contribution in [2.45, 2.75) is 13.3 Å². The number of fused-ring (bicyclic) bond motifs is 1. The highest BCUT2D eigenvalue weighted by Crippen LogP contribution is 2.27. The Morgan fingerprint density at radius 3 is 2.73 bits per heavy atom. The standard InChI is InChI=1S/C20H16N2O3S/c1-12-11-21-19(26-12)14-5-3-13(4-6-14)9-15-10-17(20(23)24-2)22-16-7-8-25-18(15)16/h3-8,10-11H,9H2,1-2H3. The summed E-state index contributed by atoms with van der Waals surface area (Å²) < 4.78 is 10.4. The molecule has 1 aromatic carbocycles. The fourth-order valence-corrected chi connectivity index (χ4v) is 3.61. The molecule has 0 N–H and O–H groups in total. The van der Waals surface area contributed by atoms with Crippen molar-refractivity contribution in [3.05, 3.63) is 70.6 Å². The van der Waals surface area contributed by atoms with Crippen molar-refractivity contribution in [3.8, 4) is 10.6 Å². The molecular formula is C20H16N2O3S. The monoisotopic (exact) mass is 364 g/mol. The van der Waals surface area contributed by atoms with Crippen molar-refractivity contribution in [3.63, 3.8) is 0 Å². The van der Waals surface area contributed by atoms with Gasteiger partial charge in [-0.3, -0.25) is 0 Å². The normalized spacial score (nSPS) is 11.0. The van der Waals surface area contributed by atoms with Crippen molar-refractivity contribution >= 4 is 28.4 Å². The lowest BCUT2D eigenvalue weighted by molar-refractivity contribution is 0.0594. The van der Waals surface area contributed by atoms with Gasteiger partial charge in [0, 0.05) is 34.7 Å². The van der Waals surface area contributed by atoms with Gasteiger partial charge in [-0.05, 0) is 18.6 Å². The number of esters is 1. The molecule has 0 aliphatic carbocycles. The summed E-state index contributed by atoms with van der Waals surface area (Å²) in [5.74, 6) is -0.455. The van der Waals surface area contributed by atoms with Gasteiger partial charge in [0.25, 0.3) is 0 Å². The molecule has 0 fully saturated rings. The zero-order chi connectivity index (χ0) is 18.1. The Labute approximate surface area is 154 Å². The fourth-order valence-electron chi connectivity index (χ4n) is 2.84. The molecule has 0 aliphatic heterocycles. The van der Waals surface area contributed by atoms with E-state index in [1.165, 1.54) is 12.0 Å². The van der Waals surface area contributed by atoms with E-state index in [9.17, 15) is 4.79 Å². The van der Waals surface area contributed by atoms with Gasteiger partial charge in [-0.1, -0.05) is 24.3 Å². The summed E-state index contributed by atoms with van der Waals surface area (Å²) in [6, 6.07) is 11.7. The molecule has 0 amide bonds. The van der Waals surface area contributed by atoms with E-state index in [0.717, 1.165) is 21.7 Å². The Morgan fingerprint density at radius 2 is 2.04 bits per heavy atom. The van der Waals surface area contributed by atoms with Crippen molar-refractivity contribution in [1.29, 1.82) is 0 Å². The number of aryl methyl sites for hydroxylation is 1. The lowest BCUT2D eigenvalue weighted by Gasteiger charge is -2.06. The van der Waals surface area contributed by atoms with E-state index in [1.807, 2.05) is 13.1 Å². The largest absolute Gasteiger partial charge is 0.464 e. The molecule has 0 aliphatic rings. The number of ether oxygens (including phenoxy) is 1. The first kappa shape index (κ1) is 16.5. The number of aromatic nitrogens is 2. The number of rotatable bonds is 4. The van der Waals surface area contributed by atoms with Crippen LogP contribution in [0.25, 0.3) is 21.7 Å². The summed E-state index contributed by atoms with van der Waals surface area (Å²) in [4.78, 5) is 21.8. The number of nitrogens with zero attached hydrogens (tertiary/aromatic N) is 2. The maximum absolute atomic E-state index is 11.9. The minimum atomic E-state index is -0.455. The summed E-state index contributed by atoms with van der Waals surface area (Å²) in [6.07, 6.45) is 4.09. The molecule has 3 aromatic heterocycles. The second kappa shape index (κ2) is 6.72. The van der Waals surface area contributed by atoms with Crippen LogP contribution in [0.1, 0.15) is 26.5 Å². The fraction of sp³-hybridized carbons (Fsp3) is 0.150. The number of methoxy groups -OCH3 is 1. The first-order valence-electron chi connectivity index (χ1n) is 8.11. The Hall–Kier alpha value is -2.99. The van der Waals surface area contributed by atoms with Gasteiger partial charge >= 0.3 is 5.97 Å². The first-order chi connectivity index (χ1) is 12.6. The van der Waals surface area contributed by atoms with Gasteiger partial charge in [-0.25, -0.2) is 14.8 Å². The maximum Gasteiger partial charge on any atom is 0.356 e. The van der Waals surface area contributed by atoms with E-state index in [-0.39, 0.29) is 5.69 Å². The number of thiazole rings is 1. The third-order valence-electron chi connectivity index (χ3n) is 4.10. The van der Waals surface area contributed by atoms with Crippen LogP contribution in [-0.4, -0.2) is 23.0 Å². The Kier molecular flexibility index (Phi) is 4.26. The number of carbonyl (C=O) groups excluding carboxylic acids is 1. The molecule has 4 aromatic rings. The molecule has 5 nitrogen and oxygen atoms in total. The third-order valence-corrected chi connectivity index (χ3v) is 5.06. The molecule has 0 radical (unpaired) electrons. The van der Waals surface area contributed by atoms with Crippen LogP contribution in [0.2, 0.25) is 0 Å². The van der Waals surface area contributed by atoms with Gasteiger partial charge in [0.05, 0.1) is 13.4 Å². The molecule has 0 atom stereocenters. The van der Waals surface area contributed by atoms with Crippen LogP contribution in [0.3, 0.4) is 0 Å². The van der Waals surface area contributed by atoms with Gasteiger partial charge in [0.15, 0.2) is 5.58 Å². The smallest absolute Gasteiger partial charge is 0.356 e. The van der Waals surface area contributed by atoms with Crippen LogP contribution in [-0.2, 0) is 11.2 Å². The molecule has 4 rings (SSSR count). The van der Waals surface area contributed by atoms with Crippen molar-refractivity contribution in [2.24, 2.45) is 0 Å². The van der Waals surface area contributed by atoms with E-state index in [4.69, 9.17) is 9.15 Å². The summed E-state index contributed by atoms with van der Waals surface area (Å²) >= 11 is 1.68. The molecule has 6 heteroatoms. The molecule has 0 unspecified atom stereocenters. The Morgan fingerprint density at radius 1 is 1.23 bits per heavy atom. The summed E-state index contributed by atoms with van der Waals surface area (Å²) in [5, 5.41) is 1.01. The van der Waals surface area contributed by atoms with Crippen LogP contribution in [0, 0.1) is 6.92 Å². The third kappa shape index (κ3) is 3.11. The number of pyridine rings is 1. The van der Waals surface area contributed by atoms with E-state index in [1.54, 1.807) is 29.7 Å². The van der Waals surface area contributed by atoms with E-state index in [2.05, 4.69) is 34.2 Å². The van der Waals surface area contributed by atoms with E-state index >= 15 is 0 Å². The van der Waals surface area contributed by atoms with E-state index < -0.39 is 5.97 Å². The van der Waals surface area contributed by atoms with Crippen LogP contribution < -0.4 is 0 Å². The highest BCUT2D eigenvalue weighted by Gasteiger charge is 2.15. The van der Waals surface area contributed by atoms with Crippen molar-refractivity contribution in [1.82, 2.24) is 9.97 Å². The SMILES string of the molecule is COC(=O)c1cc(Cc2ccc(-c3ncc(C)s3)cc2)c2occc2n1. The molecular weight excluding hydrogens is 348 g/mol. The minimum Gasteiger partial charge on any atom is -0.464 e. The van der Waals surface area contributed by atoms with Crippen molar-refractivity contribution < 1.29 is 13.9 Å². The molecule has 26 heavy (non-hydrogen) atoms. The average molecular weight is 364 g/mol. The van der Waals surface area contributed by atoms with Gasteiger partial charge in [0.2, 0.25) is 0 Å². The lowest BCUT2D eigenvalue weighted by atomic mass is 10.0. The number of hydrogen-bond acceptors (Lipinski definition) is 6. The lowest BCUT2D eigenvalue weighted by Crippen LogP contribution is -2.05. The number of benzene rings is 1. The zero-order valence-corrected chi connectivity index (χ0v) is 15.2. The highest BCUT2D eigenvalue weighted by atomic mass is 32.1. The quantitative estimate of drug-likeness (QED) is 0.494. The van der Waals surface area contributed by atoms with Crippen LogP contribution in [0.4, 0.5) is 0 Å². The Bertz CT molecular complexity index is 1080. The van der Waals surface area contributed by atoms with Gasteiger partial charge in [-0.2, -0.15) is 0 Å².